The summed E-state index contributed by atoms with van der Waals surface area (Å²) in [5, 5.41) is 3.63. The van der Waals surface area contributed by atoms with Gasteiger partial charge in [-0.3, -0.25) is 4.79 Å². The highest BCUT2D eigenvalue weighted by atomic mass is 35.5. The fourth-order valence-electron chi connectivity index (χ4n) is 2.19. The lowest BCUT2D eigenvalue weighted by molar-refractivity contribution is -0.127. The van der Waals surface area contributed by atoms with Crippen molar-refractivity contribution in [3.05, 3.63) is 58.6 Å². The van der Waals surface area contributed by atoms with Crippen molar-refractivity contribution in [3.8, 4) is 5.75 Å². The van der Waals surface area contributed by atoms with Gasteiger partial charge in [-0.25, -0.2) is 0 Å². The second-order valence-corrected chi connectivity index (χ2v) is 7.23. The Bertz CT molecular complexity index is 688. The van der Waals surface area contributed by atoms with Gasteiger partial charge in [-0.05, 0) is 56.7 Å². The lowest BCUT2D eigenvalue weighted by atomic mass is 10.1. The van der Waals surface area contributed by atoms with E-state index in [9.17, 15) is 4.79 Å². The molecule has 2 aromatic carbocycles. The number of thioether (sulfide) groups is 1. The molecule has 0 aliphatic rings. The highest BCUT2D eigenvalue weighted by Crippen LogP contribution is 2.21. The summed E-state index contributed by atoms with van der Waals surface area (Å²) >= 11 is 7.53. The van der Waals surface area contributed by atoms with Gasteiger partial charge in [0.25, 0.3) is 5.91 Å². The van der Waals surface area contributed by atoms with Crippen molar-refractivity contribution in [2.24, 2.45) is 0 Å². The summed E-state index contributed by atoms with van der Waals surface area (Å²) in [5.74, 6) is 1.44. The molecule has 3 nitrogen and oxygen atoms in total. The molecular formula is C19H22ClNO2S. The Morgan fingerprint density at radius 1 is 1.21 bits per heavy atom. The predicted octanol–water partition coefficient (Wildman–Crippen LogP) is 4.63. The molecule has 1 N–H and O–H groups in total. The van der Waals surface area contributed by atoms with Crippen LogP contribution in [-0.2, 0) is 4.79 Å². The summed E-state index contributed by atoms with van der Waals surface area (Å²) in [6.45, 7) is 6.37. The quantitative estimate of drug-likeness (QED) is 0.575. The summed E-state index contributed by atoms with van der Waals surface area (Å²) in [6, 6.07) is 13.6. The van der Waals surface area contributed by atoms with E-state index in [1.54, 1.807) is 18.7 Å². The number of hydrogen-bond donors (Lipinski definition) is 1. The molecule has 0 aliphatic carbocycles. The molecule has 128 valence electrons. The maximum atomic E-state index is 12.1. The lowest BCUT2D eigenvalue weighted by Gasteiger charge is -2.16. The molecule has 1 amide bonds. The van der Waals surface area contributed by atoms with E-state index in [1.165, 1.54) is 5.56 Å². The monoisotopic (exact) mass is 363 g/mol. The van der Waals surface area contributed by atoms with E-state index in [0.717, 1.165) is 27.0 Å². The van der Waals surface area contributed by atoms with E-state index in [1.807, 2.05) is 56.3 Å². The van der Waals surface area contributed by atoms with Crippen LogP contribution < -0.4 is 10.1 Å². The zero-order valence-electron chi connectivity index (χ0n) is 14.1. The molecule has 0 fully saturated rings. The molecular weight excluding hydrogens is 342 g/mol. The summed E-state index contributed by atoms with van der Waals surface area (Å²) in [7, 11) is 0. The van der Waals surface area contributed by atoms with E-state index < -0.39 is 6.10 Å². The average Bonchev–Trinajstić information content (AvgIpc) is 2.55. The number of hydrogen-bond acceptors (Lipinski definition) is 3. The first-order chi connectivity index (χ1) is 11.5. The zero-order valence-corrected chi connectivity index (χ0v) is 15.7. The van der Waals surface area contributed by atoms with Crippen LogP contribution in [0.1, 0.15) is 18.1 Å². The van der Waals surface area contributed by atoms with Crippen LogP contribution in [0.2, 0.25) is 5.02 Å². The van der Waals surface area contributed by atoms with Gasteiger partial charge in [0.05, 0.1) is 0 Å². The number of benzene rings is 2. The van der Waals surface area contributed by atoms with Crippen LogP contribution in [0.5, 0.6) is 5.75 Å². The first-order valence-corrected chi connectivity index (χ1v) is 9.22. The van der Waals surface area contributed by atoms with Gasteiger partial charge in [-0.2, -0.15) is 0 Å². The Balaban J connectivity index is 1.74. The van der Waals surface area contributed by atoms with Gasteiger partial charge in [-0.1, -0.05) is 29.3 Å². The van der Waals surface area contributed by atoms with Crippen LogP contribution in [-0.4, -0.2) is 24.3 Å². The minimum absolute atomic E-state index is 0.105. The van der Waals surface area contributed by atoms with Gasteiger partial charge in [-0.15, -0.1) is 11.8 Å². The van der Waals surface area contributed by atoms with Crippen molar-refractivity contribution in [1.29, 1.82) is 0 Å². The number of carbonyl (C=O) groups is 1. The molecule has 1 atom stereocenters. The van der Waals surface area contributed by atoms with Crippen molar-refractivity contribution in [2.75, 3.05) is 12.3 Å². The molecule has 24 heavy (non-hydrogen) atoms. The van der Waals surface area contributed by atoms with E-state index >= 15 is 0 Å². The lowest BCUT2D eigenvalue weighted by Crippen LogP contribution is -2.37. The van der Waals surface area contributed by atoms with Crippen LogP contribution in [0.15, 0.2) is 47.4 Å². The number of aryl methyl sites for hydroxylation is 2. The fourth-order valence-corrected chi connectivity index (χ4v) is 3.09. The molecule has 2 rings (SSSR count). The number of amides is 1. The summed E-state index contributed by atoms with van der Waals surface area (Å²) in [4.78, 5) is 13.3. The first-order valence-electron chi connectivity index (χ1n) is 7.85. The number of rotatable bonds is 7. The van der Waals surface area contributed by atoms with Crippen LogP contribution in [0.4, 0.5) is 0 Å². The molecule has 0 saturated carbocycles. The van der Waals surface area contributed by atoms with E-state index in [2.05, 4.69) is 5.32 Å². The van der Waals surface area contributed by atoms with E-state index in [-0.39, 0.29) is 5.91 Å². The van der Waals surface area contributed by atoms with Crippen LogP contribution in [0.3, 0.4) is 0 Å². The largest absolute Gasteiger partial charge is 0.481 e. The fraction of sp³-hybridized carbons (Fsp3) is 0.316. The van der Waals surface area contributed by atoms with Gasteiger partial charge in [0.1, 0.15) is 5.75 Å². The molecule has 0 saturated heterocycles. The number of halogens is 1. The SMILES string of the molecule is Cc1ccc(OC(C)C(=O)NCCSc2ccc(Cl)cc2)c(C)c1. The van der Waals surface area contributed by atoms with E-state index in [0.29, 0.717) is 6.54 Å². The van der Waals surface area contributed by atoms with Gasteiger partial charge < -0.3 is 10.1 Å². The maximum absolute atomic E-state index is 12.1. The Kier molecular flexibility index (Phi) is 7.00. The summed E-state index contributed by atoms with van der Waals surface area (Å²) in [6.07, 6.45) is -0.521. The third-order valence-corrected chi connectivity index (χ3v) is 4.75. The van der Waals surface area contributed by atoms with Crippen LogP contribution in [0, 0.1) is 13.8 Å². The molecule has 0 aliphatic heterocycles. The zero-order chi connectivity index (χ0) is 17.5. The molecule has 0 radical (unpaired) electrons. The summed E-state index contributed by atoms with van der Waals surface area (Å²) in [5.41, 5.74) is 2.21. The molecule has 0 bridgehead atoms. The molecule has 0 spiro atoms. The van der Waals surface area contributed by atoms with Gasteiger partial charge in [0.15, 0.2) is 6.10 Å². The number of carbonyl (C=O) groups excluding carboxylic acids is 1. The number of nitrogens with one attached hydrogen (secondary N) is 1. The topological polar surface area (TPSA) is 38.3 Å². The first kappa shape index (κ1) is 18.7. The normalized spacial score (nSPS) is 11.8. The molecule has 0 aromatic heterocycles. The highest BCUT2D eigenvalue weighted by molar-refractivity contribution is 7.99. The average molecular weight is 364 g/mol. The predicted molar refractivity (Wildman–Crippen MR) is 101 cm³/mol. The molecule has 1 unspecified atom stereocenters. The Morgan fingerprint density at radius 2 is 1.92 bits per heavy atom. The number of ether oxygens (including phenoxy) is 1. The van der Waals surface area contributed by atoms with Crippen LogP contribution >= 0.6 is 23.4 Å². The Hall–Kier alpha value is -1.65. The third kappa shape index (κ3) is 5.77. The van der Waals surface area contributed by atoms with Crippen molar-refractivity contribution in [2.45, 2.75) is 31.8 Å². The minimum atomic E-state index is -0.521. The Labute approximate surface area is 152 Å². The standard InChI is InChI=1S/C19H22ClNO2S/c1-13-4-9-18(14(2)12-13)23-15(3)19(22)21-10-11-24-17-7-5-16(20)6-8-17/h4-9,12,15H,10-11H2,1-3H3,(H,21,22). The molecule has 5 heteroatoms. The Morgan fingerprint density at radius 3 is 2.58 bits per heavy atom. The van der Waals surface area contributed by atoms with Crippen molar-refractivity contribution >= 4 is 29.3 Å². The second kappa shape index (κ2) is 9.00. The summed E-state index contributed by atoms with van der Waals surface area (Å²) < 4.78 is 5.76. The van der Waals surface area contributed by atoms with Crippen molar-refractivity contribution < 1.29 is 9.53 Å². The van der Waals surface area contributed by atoms with Crippen LogP contribution in [0.25, 0.3) is 0 Å². The maximum Gasteiger partial charge on any atom is 0.260 e. The van der Waals surface area contributed by atoms with Gasteiger partial charge in [0.2, 0.25) is 0 Å². The van der Waals surface area contributed by atoms with Crippen molar-refractivity contribution in [3.63, 3.8) is 0 Å². The molecule has 2 aromatic rings. The van der Waals surface area contributed by atoms with E-state index in [4.69, 9.17) is 16.3 Å². The van der Waals surface area contributed by atoms with Crippen molar-refractivity contribution in [1.82, 2.24) is 5.32 Å². The van der Waals surface area contributed by atoms with Gasteiger partial charge >= 0.3 is 0 Å². The van der Waals surface area contributed by atoms with Gasteiger partial charge in [0, 0.05) is 22.2 Å². The second-order valence-electron chi connectivity index (χ2n) is 5.62. The minimum Gasteiger partial charge on any atom is -0.481 e. The smallest absolute Gasteiger partial charge is 0.260 e. The highest BCUT2D eigenvalue weighted by Gasteiger charge is 2.15. The molecule has 0 heterocycles. The third-order valence-electron chi connectivity index (χ3n) is 3.49.